The summed E-state index contributed by atoms with van der Waals surface area (Å²) in [6.07, 6.45) is 5.48. The zero-order valence-corrected chi connectivity index (χ0v) is 17.6. The number of thiophene rings is 1. The van der Waals surface area contributed by atoms with Crippen LogP contribution in [0, 0.1) is 5.92 Å². The van der Waals surface area contributed by atoms with E-state index < -0.39 is 0 Å². The second-order valence-corrected chi connectivity index (χ2v) is 9.10. The summed E-state index contributed by atoms with van der Waals surface area (Å²) < 4.78 is 2.04. The number of aromatic nitrogens is 3. The van der Waals surface area contributed by atoms with Gasteiger partial charge in [-0.3, -0.25) is 14.0 Å². The van der Waals surface area contributed by atoms with Crippen LogP contribution in [0.25, 0.3) is 5.65 Å². The molecule has 0 aromatic carbocycles. The Morgan fingerprint density at radius 2 is 1.83 bits per heavy atom. The number of hydrogen-bond donors (Lipinski definition) is 0. The van der Waals surface area contributed by atoms with Crippen molar-refractivity contribution in [2.45, 2.75) is 31.6 Å². The standard InChI is InChI=1S/C22H25N5O2S/c28-21(16-8-12-25(13-9-16)22(29)18-6-4-14-30-18)26-10-3-5-17(15-26)20-24-23-19-7-1-2-11-27(19)20/h1-2,4,6-7,11,14,16-17H,3,5,8-10,12-13,15H2. The lowest BCUT2D eigenvalue weighted by Gasteiger charge is -2.37. The molecular formula is C22H25N5O2S. The van der Waals surface area contributed by atoms with Gasteiger partial charge >= 0.3 is 0 Å². The van der Waals surface area contributed by atoms with Crippen LogP contribution in [0.1, 0.15) is 47.1 Å². The average Bonchev–Trinajstić information content (AvgIpc) is 3.49. The van der Waals surface area contributed by atoms with Crippen LogP contribution in [0.4, 0.5) is 0 Å². The van der Waals surface area contributed by atoms with Crippen molar-refractivity contribution in [2.75, 3.05) is 26.2 Å². The summed E-state index contributed by atoms with van der Waals surface area (Å²) in [6.45, 7) is 2.81. The number of nitrogens with zero attached hydrogens (tertiary/aromatic N) is 5. The first-order valence-electron chi connectivity index (χ1n) is 10.6. The highest BCUT2D eigenvalue weighted by Crippen LogP contribution is 2.29. The largest absolute Gasteiger partial charge is 0.342 e. The summed E-state index contributed by atoms with van der Waals surface area (Å²) >= 11 is 1.47. The van der Waals surface area contributed by atoms with Crippen LogP contribution in [-0.4, -0.2) is 62.4 Å². The van der Waals surface area contributed by atoms with Gasteiger partial charge in [0.25, 0.3) is 5.91 Å². The van der Waals surface area contributed by atoms with Gasteiger partial charge in [-0.05, 0) is 49.3 Å². The van der Waals surface area contributed by atoms with Gasteiger partial charge in [0.2, 0.25) is 5.91 Å². The zero-order chi connectivity index (χ0) is 20.5. The van der Waals surface area contributed by atoms with Crippen LogP contribution in [0.3, 0.4) is 0 Å². The van der Waals surface area contributed by atoms with Crippen molar-refractivity contribution in [3.63, 3.8) is 0 Å². The number of likely N-dealkylation sites (tertiary alicyclic amines) is 2. The first-order chi connectivity index (χ1) is 14.7. The number of fused-ring (bicyclic) bond motifs is 1. The van der Waals surface area contributed by atoms with Crippen molar-refractivity contribution < 1.29 is 9.59 Å². The van der Waals surface area contributed by atoms with Crippen LogP contribution in [0.15, 0.2) is 41.9 Å². The highest BCUT2D eigenvalue weighted by Gasteiger charge is 2.34. The predicted octanol–water partition coefficient (Wildman–Crippen LogP) is 3.05. The maximum atomic E-state index is 13.2. The quantitative estimate of drug-likeness (QED) is 0.649. The molecule has 0 bridgehead atoms. The van der Waals surface area contributed by atoms with Gasteiger partial charge < -0.3 is 9.80 Å². The Morgan fingerprint density at radius 1 is 0.967 bits per heavy atom. The van der Waals surface area contributed by atoms with Crippen molar-refractivity contribution in [1.29, 1.82) is 0 Å². The van der Waals surface area contributed by atoms with E-state index in [2.05, 4.69) is 10.2 Å². The van der Waals surface area contributed by atoms with Crippen LogP contribution in [0.2, 0.25) is 0 Å². The lowest BCUT2D eigenvalue weighted by Crippen LogP contribution is -2.47. The molecule has 5 rings (SSSR count). The van der Waals surface area contributed by atoms with E-state index in [1.54, 1.807) is 0 Å². The van der Waals surface area contributed by atoms with Crippen LogP contribution in [0.5, 0.6) is 0 Å². The first kappa shape index (κ1) is 19.2. The van der Waals surface area contributed by atoms with Gasteiger partial charge in [0, 0.05) is 44.2 Å². The molecule has 5 heterocycles. The summed E-state index contributed by atoms with van der Waals surface area (Å²) in [5.74, 6) is 1.48. The minimum Gasteiger partial charge on any atom is -0.342 e. The monoisotopic (exact) mass is 423 g/mol. The highest BCUT2D eigenvalue weighted by atomic mass is 32.1. The van der Waals surface area contributed by atoms with Gasteiger partial charge in [0.05, 0.1) is 4.88 Å². The van der Waals surface area contributed by atoms with Crippen molar-refractivity contribution >= 4 is 28.8 Å². The summed E-state index contributed by atoms with van der Waals surface area (Å²) in [5, 5.41) is 10.6. The fourth-order valence-electron chi connectivity index (χ4n) is 4.67. The molecule has 0 spiro atoms. The Morgan fingerprint density at radius 3 is 2.63 bits per heavy atom. The average molecular weight is 424 g/mol. The normalized spacial score (nSPS) is 20.6. The molecule has 0 radical (unpaired) electrons. The third-order valence-electron chi connectivity index (χ3n) is 6.30. The van der Waals surface area contributed by atoms with E-state index in [0.29, 0.717) is 19.6 Å². The molecule has 3 aromatic heterocycles. The molecule has 30 heavy (non-hydrogen) atoms. The SMILES string of the molecule is O=C(c1cccs1)N1CCC(C(=O)N2CCCC(c3nnc4ccccn34)C2)CC1. The number of pyridine rings is 1. The molecule has 8 heteroatoms. The number of piperidine rings is 2. The Hall–Kier alpha value is -2.74. The minimum atomic E-state index is 0.00581. The molecule has 1 unspecified atom stereocenters. The Labute approximate surface area is 179 Å². The molecule has 1 atom stereocenters. The van der Waals surface area contributed by atoms with E-state index in [1.165, 1.54) is 11.3 Å². The summed E-state index contributed by atoms with van der Waals surface area (Å²) in [7, 11) is 0. The Kier molecular flexibility index (Phi) is 5.25. The van der Waals surface area contributed by atoms with Crippen LogP contribution >= 0.6 is 11.3 Å². The maximum Gasteiger partial charge on any atom is 0.263 e. The molecule has 2 amide bonds. The molecule has 156 valence electrons. The fraction of sp³-hybridized carbons (Fsp3) is 0.455. The molecule has 2 aliphatic heterocycles. The molecule has 2 fully saturated rings. The van der Waals surface area contributed by atoms with Gasteiger partial charge in [0.15, 0.2) is 5.65 Å². The van der Waals surface area contributed by atoms with Gasteiger partial charge in [-0.2, -0.15) is 0 Å². The second-order valence-electron chi connectivity index (χ2n) is 8.15. The number of amides is 2. The lowest BCUT2D eigenvalue weighted by molar-refractivity contribution is -0.138. The number of carbonyl (C=O) groups excluding carboxylic acids is 2. The minimum absolute atomic E-state index is 0.00581. The van der Waals surface area contributed by atoms with Crippen LogP contribution in [-0.2, 0) is 4.79 Å². The van der Waals surface area contributed by atoms with Crippen molar-refractivity contribution in [3.05, 3.63) is 52.6 Å². The number of carbonyl (C=O) groups is 2. The third kappa shape index (κ3) is 3.60. The Balaban J connectivity index is 1.22. The van der Waals surface area contributed by atoms with Gasteiger partial charge in [-0.1, -0.05) is 12.1 Å². The summed E-state index contributed by atoms with van der Waals surface area (Å²) in [5.41, 5.74) is 0.846. The number of hydrogen-bond acceptors (Lipinski definition) is 5. The maximum absolute atomic E-state index is 13.2. The topological polar surface area (TPSA) is 70.8 Å². The van der Waals surface area contributed by atoms with E-state index in [4.69, 9.17) is 0 Å². The smallest absolute Gasteiger partial charge is 0.263 e. The van der Waals surface area contributed by atoms with Crippen molar-refractivity contribution in [2.24, 2.45) is 5.92 Å². The first-order valence-corrected chi connectivity index (χ1v) is 11.5. The van der Waals surface area contributed by atoms with Crippen LogP contribution < -0.4 is 0 Å². The van der Waals surface area contributed by atoms with E-state index in [1.807, 2.05) is 56.1 Å². The fourth-order valence-corrected chi connectivity index (χ4v) is 5.36. The summed E-state index contributed by atoms with van der Waals surface area (Å²) in [4.78, 5) is 30.4. The molecular weight excluding hydrogens is 398 g/mol. The lowest BCUT2D eigenvalue weighted by atomic mass is 9.92. The number of rotatable bonds is 3. The predicted molar refractivity (Wildman–Crippen MR) is 114 cm³/mol. The zero-order valence-electron chi connectivity index (χ0n) is 16.8. The second kappa shape index (κ2) is 8.18. The molecule has 2 aliphatic rings. The van der Waals surface area contributed by atoms with Gasteiger partial charge in [-0.15, -0.1) is 21.5 Å². The molecule has 0 N–H and O–H groups in total. The van der Waals surface area contributed by atoms with Gasteiger partial charge in [-0.25, -0.2) is 0 Å². The molecule has 2 saturated heterocycles. The van der Waals surface area contributed by atoms with E-state index in [0.717, 1.165) is 48.6 Å². The molecule has 3 aromatic rings. The molecule has 7 nitrogen and oxygen atoms in total. The molecule has 0 saturated carbocycles. The van der Waals surface area contributed by atoms with Gasteiger partial charge in [0.1, 0.15) is 5.82 Å². The van der Waals surface area contributed by atoms with E-state index >= 15 is 0 Å². The summed E-state index contributed by atoms with van der Waals surface area (Å²) in [6, 6.07) is 9.66. The highest BCUT2D eigenvalue weighted by molar-refractivity contribution is 7.12. The Bertz CT molecular complexity index is 1040. The third-order valence-corrected chi connectivity index (χ3v) is 7.16. The van der Waals surface area contributed by atoms with Crippen molar-refractivity contribution in [1.82, 2.24) is 24.4 Å². The van der Waals surface area contributed by atoms with E-state index in [9.17, 15) is 9.59 Å². The van der Waals surface area contributed by atoms with Crippen molar-refractivity contribution in [3.8, 4) is 0 Å². The van der Waals surface area contributed by atoms with E-state index in [-0.39, 0.29) is 23.7 Å². The molecule has 0 aliphatic carbocycles.